The van der Waals surface area contributed by atoms with Crippen molar-refractivity contribution in [1.82, 2.24) is 34.8 Å². The van der Waals surface area contributed by atoms with Gasteiger partial charge in [0.25, 0.3) is 5.91 Å². The molecule has 1 aliphatic heterocycles. The Balaban J connectivity index is 1.33. The topological polar surface area (TPSA) is 82.9 Å². The molecule has 4 rings (SSSR count). The van der Waals surface area contributed by atoms with Gasteiger partial charge in [-0.15, -0.1) is 0 Å². The predicted octanol–water partition coefficient (Wildman–Crippen LogP) is 1.62. The molecule has 0 radical (unpaired) electrons. The second-order valence-corrected chi connectivity index (χ2v) is 7.28. The number of carbonyl (C=O) groups excluding carboxylic acids is 1. The molecule has 0 unspecified atom stereocenters. The lowest BCUT2D eigenvalue weighted by atomic mass is 10.1. The van der Waals surface area contributed by atoms with Crippen molar-refractivity contribution in [3.05, 3.63) is 65.0 Å². The average Bonchev–Trinajstić information content (AvgIpc) is 3.32. The quantitative estimate of drug-likeness (QED) is 0.728. The van der Waals surface area contributed by atoms with Crippen molar-refractivity contribution in [2.75, 3.05) is 26.2 Å². The van der Waals surface area contributed by atoms with Crippen LogP contribution in [0.15, 0.2) is 36.7 Å². The lowest BCUT2D eigenvalue weighted by molar-refractivity contribution is 0.0625. The fourth-order valence-corrected chi connectivity index (χ4v) is 3.57. The predicted molar refractivity (Wildman–Crippen MR) is 105 cm³/mol. The maximum Gasteiger partial charge on any atom is 0.253 e. The van der Waals surface area contributed by atoms with Gasteiger partial charge in [-0.25, -0.2) is 4.98 Å². The molecule has 3 heterocycles. The second-order valence-electron chi connectivity index (χ2n) is 7.28. The fraction of sp³-hybridized carbons (Fsp3) is 0.400. The maximum absolute atomic E-state index is 12.8. The minimum atomic E-state index is 0.0944. The molecule has 146 valence electrons. The number of aromatic nitrogens is 5. The second kappa shape index (κ2) is 7.93. The van der Waals surface area contributed by atoms with E-state index < -0.39 is 0 Å². The number of amides is 1. The van der Waals surface area contributed by atoms with Crippen molar-refractivity contribution in [2.45, 2.75) is 26.9 Å². The molecule has 0 bridgehead atoms. The van der Waals surface area contributed by atoms with Crippen LogP contribution in [0.2, 0.25) is 0 Å². The normalized spacial score (nSPS) is 15.1. The Bertz CT molecular complexity index is 922. The summed E-state index contributed by atoms with van der Waals surface area (Å²) in [4.78, 5) is 21.2. The lowest BCUT2D eigenvalue weighted by Gasteiger charge is -2.34. The molecule has 2 aromatic heterocycles. The number of carbonyl (C=O) groups is 1. The third kappa shape index (κ3) is 4.12. The zero-order chi connectivity index (χ0) is 19.5. The van der Waals surface area contributed by atoms with Gasteiger partial charge >= 0.3 is 0 Å². The number of hydrogen-bond acceptors (Lipinski definition) is 5. The smallest absolute Gasteiger partial charge is 0.253 e. The van der Waals surface area contributed by atoms with Crippen LogP contribution >= 0.6 is 0 Å². The Kier molecular flexibility index (Phi) is 5.21. The van der Waals surface area contributed by atoms with Crippen LogP contribution < -0.4 is 0 Å². The van der Waals surface area contributed by atoms with Crippen LogP contribution in [0.3, 0.4) is 0 Å². The van der Waals surface area contributed by atoms with E-state index in [4.69, 9.17) is 0 Å². The Morgan fingerprint density at radius 2 is 1.82 bits per heavy atom. The first-order valence-corrected chi connectivity index (χ1v) is 9.54. The molecule has 0 aliphatic carbocycles. The van der Waals surface area contributed by atoms with Gasteiger partial charge in [0.15, 0.2) is 0 Å². The van der Waals surface area contributed by atoms with Crippen LogP contribution in [0.5, 0.6) is 0 Å². The van der Waals surface area contributed by atoms with Crippen LogP contribution in [0.1, 0.15) is 33.1 Å². The van der Waals surface area contributed by atoms with Gasteiger partial charge in [0.2, 0.25) is 0 Å². The highest BCUT2D eigenvalue weighted by Gasteiger charge is 2.22. The standard InChI is InChI=1S/C20H25N7O/c1-15-11-16(2)27(24-15)12-17-3-5-18(6-4-17)20(28)26-9-7-25(8-10-26)13-19-21-14-22-23-19/h3-6,11,14H,7-10,12-13H2,1-2H3,(H,21,22,23). The summed E-state index contributed by atoms with van der Waals surface area (Å²) in [6, 6.07) is 9.95. The summed E-state index contributed by atoms with van der Waals surface area (Å²) in [5, 5.41) is 11.3. The highest BCUT2D eigenvalue weighted by Crippen LogP contribution is 2.13. The van der Waals surface area contributed by atoms with E-state index in [-0.39, 0.29) is 5.91 Å². The average molecular weight is 379 g/mol. The van der Waals surface area contributed by atoms with Crippen LogP contribution in [-0.2, 0) is 13.1 Å². The molecular weight excluding hydrogens is 354 g/mol. The summed E-state index contributed by atoms with van der Waals surface area (Å²) in [5.74, 6) is 0.954. The molecule has 0 spiro atoms. The first-order chi connectivity index (χ1) is 13.6. The number of piperazine rings is 1. The summed E-state index contributed by atoms with van der Waals surface area (Å²) in [5.41, 5.74) is 4.04. The molecule has 1 aromatic carbocycles. The molecule has 1 fully saturated rings. The highest BCUT2D eigenvalue weighted by molar-refractivity contribution is 5.94. The fourth-order valence-electron chi connectivity index (χ4n) is 3.57. The molecule has 1 N–H and O–H groups in total. The molecule has 28 heavy (non-hydrogen) atoms. The molecule has 1 aliphatic rings. The Morgan fingerprint density at radius 3 is 2.43 bits per heavy atom. The molecule has 1 saturated heterocycles. The van der Waals surface area contributed by atoms with Crippen LogP contribution in [-0.4, -0.2) is 66.8 Å². The van der Waals surface area contributed by atoms with Crippen molar-refractivity contribution < 1.29 is 4.79 Å². The SMILES string of the molecule is Cc1cc(C)n(Cc2ccc(C(=O)N3CCN(Cc4ncn[nH]4)CC3)cc2)n1. The number of aryl methyl sites for hydroxylation is 2. The van der Waals surface area contributed by atoms with Crippen molar-refractivity contribution in [3.63, 3.8) is 0 Å². The lowest BCUT2D eigenvalue weighted by Crippen LogP contribution is -2.48. The van der Waals surface area contributed by atoms with Crippen molar-refractivity contribution in [1.29, 1.82) is 0 Å². The summed E-state index contributed by atoms with van der Waals surface area (Å²) in [6.45, 7) is 8.62. The number of benzene rings is 1. The zero-order valence-electron chi connectivity index (χ0n) is 16.3. The van der Waals surface area contributed by atoms with E-state index in [1.165, 1.54) is 6.33 Å². The number of rotatable bonds is 5. The number of H-pyrrole nitrogens is 1. The molecular formula is C20H25N7O. The molecule has 8 nitrogen and oxygen atoms in total. The van der Waals surface area contributed by atoms with E-state index in [0.717, 1.165) is 61.1 Å². The van der Waals surface area contributed by atoms with E-state index in [1.54, 1.807) is 0 Å². The van der Waals surface area contributed by atoms with E-state index >= 15 is 0 Å². The zero-order valence-corrected chi connectivity index (χ0v) is 16.3. The summed E-state index contributed by atoms with van der Waals surface area (Å²) in [7, 11) is 0. The number of nitrogens with zero attached hydrogens (tertiary/aromatic N) is 6. The largest absolute Gasteiger partial charge is 0.336 e. The van der Waals surface area contributed by atoms with Crippen LogP contribution in [0.25, 0.3) is 0 Å². The third-order valence-electron chi connectivity index (χ3n) is 5.13. The van der Waals surface area contributed by atoms with Crippen molar-refractivity contribution >= 4 is 5.91 Å². The van der Waals surface area contributed by atoms with Crippen molar-refractivity contribution in [3.8, 4) is 0 Å². The molecule has 8 heteroatoms. The van der Waals surface area contributed by atoms with Gasteiger partial charge in [0.1, 0.15) is 12.2 Å². The van der Waals surface area contributed by atoms with E-state index in [9.17, 15) is 4.79 Å². The van der Waals surface area contributed by atoms with Gasteiger partial charge < -0.3 is 4.90 Å². The van der Waals surface area contributed by atoms with Crippen molar-refractivity contribution in [2.24, 2.45) is 0 Å². The van der Waals surface area contributed by atoms with Gasteiger partial charge in [-0.1, -0.05) is 12.1 Å². The Hall–Kier alpha value is -3.00. The van der Waals surface area contributed by atoms with E-state index in [1.807, 2.05) is 40.8 Å². The highest BCUT2D eigenvalue weighted by atomic mass is 16.2. The first kappa shape index (κ1) is 18.4. The third-order valence-corrected chi connectivity index (χ3v) is 5.13. The minimum Gasteiger partial charge on any atom is -0.336 e. The van der Waals surface area contributed by atoms with E-state index in [0.29, 0.717) is 6.54 Å². The molecule has 3 aromatic rings. The van der Waals surface area contributed by atoms with Gasteiger partial charge in [-0.05, 0) is 37.6 Å². The molecule has 1 amide bonds. The monoisotopic (exact) mass is 379 g/mol. The Morgan fingerprint density at radius 1 is 1.07 bits per heavy atom. The summed E-state index contributed by atoms with van der Waals surface area (Å²) >= 11 is 0. The number of aromatic amines is 1. The minimum absolute atomic E-state index is 0.0944. The van der Waals surface area contributed by atoms with Gasteiger partial charge in [0, 0.05) is 37.4 Å². The Labute approximate surface area is 164 Å². The molecule has 0 saturated carbocycles. The number of hydrogen-bond donors (Lipinski definition) is 1. The maximum atomic E-state index is 12.8. The first-order valence-electron chi connectivity index (χ1n) is 9.54. The van der Waals surface area contributed by atoms with Gasteiger partial charge in [-0.3, -0.25) is 19.5 Å². The van der Waals surface area contributed by atoms with Crippen LogP contribution in [0.4, 0.5) is 0 Å². The summed E-state index contributed by atoms with van der Waals surface area (Å²) < 4.78 is 1.99. The van der Waals surface area contributed by atoms with E-state index in [2.05, 4.69) is 38.2 Å². The van der Waals surface area contributed by atoms with Gasteiger partial charge in [0.05, 0.1) is 18.8 Å². The van der Waals surface area contributed by atoms with Crippen LogP contribution in [0, 0.1) is 13.8 Å². The molecule has 0 atom stereocenters. The summed E-state index contributed by atoms with van der Waals surface area (Å²) in [6.07, 6.45) is 1.52. The van der Waals surface area contributed by atoms with Gasteiger partial charge in [-0.2, -0.15) is 10.2 Å². The number of nitrogens with one attached hydrogen (secondary N) is 1.